The zero-order valence-electron chi connectivity index (χ0n) is 13.8. The number of rotatable bonds is 3. The molecule has 2 aliphatic rings. The third-order valence-corrected chi connectivity index (χ3v) is 6.51. The molecule has 1 atom stereocenters. The Labute approximate surface area is 145 Å². The Bertz CT molecular complexity index is 854. The Morgan fingerprint density at radius 1 is 1.25 bits per heavy atom. The molecule has 4 heterocycles. The van der Waals surface area contributed by atoms with Gasteiger partial charge in [0.1, 0.15) is 5.69 Å². The van der Waals surface area contributed by atoms with Crippen molar-refractivity contribution in [1.82, 2.24) is 25.0 Å². The number of hydrogen-bond acceptors (Lipinski definition) is 4. The van der Waals surface area contributed by atoms with Gasteiger partial charge < -0.3 is 4.57 Å². The molecule has 5 nitrogen and oxygen atoms in total. The number of nitrogens with one attached hydrogen (secondary N) is 1. The highest BCUT2D eigenvalue weighted by atomic mass is 32.1. The predicted octanol–water partition coefficient (Wildman–Crippen LogP) is 4.25. The molecular weight excluding hydrogens is 318 g/mol. The van der Waals surface area contributed by atoms with Crippen LogP contribution in [0.1, 0.15) is 49.9 Å². The van der Waals surface area contributed by atoms with E-state index in [1.165, 1.54) is 41.8 Å². The monoisotopic (exact) mass is 339 g/mol. The quantitative estimate of drug-likeness (QED) is 0.776. The van der Waals surface area contributed by atoms with E-state index in [4.69, 9.17) is 0 Å². The maximum atomic E-state index is 4.58. The van der Waals surface area contributed by atoms with Crippen molar-refractivity contribution < 1.29 is 0 Å². The molecule has 0 aromatic carbocycles. The molecule has 0 saturated heterocycles. The van der Waals surface area contributed by atoms with Crippen molar-refractivity contribution in [1.29, 1.82) is 0 Å². The molecule has 0 radical (unpaired) electrons. The number of H-pyrrole nitrogens is 1. The van der Waals surface area contributed by atoms with Gasteiger partial charge in [-0.3, -0.25) is 5.10 Å². The molecule has 1 saturated carbocycles. The van der Waals surface area contributed by atoms with E-state index in [1.807, 2.05) is 0 Å². The highest BCUT2D eigenvalue weighted by Gasteiger charge is 2.37. The van der Waals surface area contributed by atoms with Crippen LogP contribution in [0.5, 0.6) is 0 Å². The normalized spacial score (nSPS) is 20.3. The first kappa shape index (κ1) is 14.4. The summed E-state index contributed by atoms with van der Waals surface area (Å²) in [5.41, 5.74) is 3.64. The summed E-state index contributed by atoms with van der Waals surface area (Å²) in [4.78, 5) is 1.20. The van der Waals surface area contributed by atoms with Gasteiger partial charge in [0.15, 0.2) is 11.6 Å². The average Bonchev–Trinajstić information content (AvgIpc) is 3.39. The van der Waals surface area contributed by atoms with Crippen LogP contribution in [0.4, 0.5) is 0 Å². The average molecular weight is 339 g/mol. The smallest absolute Gasteiger partial charge is 0.185 e. The lowest BCUT2D eigenvalue weighted by Gasteiger charge is -2.30. The minimum absolute atomic E-state index is 0.463. The Balaban J connectivity index is 1.70. The van der Waals surface area contributed by atoms with Crippen molar-refractivity contribution in [3.05, 3.63) is 28.8 Å². The zero-order valence-corrected chi connectivity index (χ0v) is 14.6. The highest BCUT2D eigenvalue weighted by Crippen LogP contribution is 2.45. The number of fused-ring (bicyclic) bond motifs is 3. The summed E-state index contributed by atoms with van der Waals surface area (Å²) in [7, 11) is 0. The number of aryl methyl sites for hydroxylation is 1. The van der Waals surface area contributed by atoms with Crippen molar-refractivity contribution in [2.24, 2.45) is 5.92 Å². The lowest BCUT2D eigenvalue weighted by Crippen LogP contribution is -2.25. The summed E-state index contributed by atoms with van der Waals surface area (Å²) in [6.07, 6.45) is 7.40. The van der Waals surface area contributed by atoms with Crippen LogP contribution in [-0.2, 0) is 12.8 Å². The number of aromatic amines is 1. The third kappa shape index (κ3) is 2.02. The molecule has 3 aromatic rings. The molecule has 0 bridgehead atoms. The molecule has 1 aliphatic heterocycles. The summed E-state index contributed by atoms with van der Waals surface area (Å²) in [6.45, 7) is 2.19. The van der Waals surface area contributed by atoms with Crippen LogP contribution in [0.3, 0.4) is 0 Å². The van der Waals surface area contributed by atoms with E-state index in [0.717, 1.165) is 36.1 Å². The number of nitrogens with zero attached hydrogens (tertiary/aromatic N) is 4. The molecule has 1 aliphatic carbocycles. The van der Waals surface area contributed by atoms with Gasteiger partial charge in [-0.1, -0.05) is 25.8 Å². The topological polar surface area (TPSA) is 59.4 Å². The summed E-state index contributed by atoms with van der Waals surface area (Å²) in [5, 5.41) is 19.0. The fraction of sp³-hybridized carbons (Fsp3) is 0.500. The number of thiophene rings is 1. The van der Waals surface area contributed by atoms with Gasteiger partial charge in [-0.2, -0.15) is 5.10 Å². The van der Waals surface area contributed by atoms with Crippen molar-refractivity contribution in [2.45, 2.75) is 51.5 Å². The van der Waals surface area contributed by atoms with Gasteiger partial charge in [0, 0.05) is 17.3 Å². The van der Waals surface area contributed by atoms with Crippen LogP contribution in [0.15, 0.2) is 17.5 Å². The molecule has 6 heteroatoms. The second kappa shape index (κ2) is 5.55. The van der Waals surface area contributed by atoms with E-state index < -0.39 is 0 Å². The Hall–Kier alpha value is -1.95. The number of aromatic nitrogens is 5. The van der Waals surface area contributed by atoms with E-state index in [-0.39, 0.29) is 0 Å². The SMILES string of the molecule is CCc1[nH]nc2c1CC(C1CCCC1)n1c(-c3cccs3)nnc1-2. The summed E-state index contributed by atoms with van der Waals surface area (Å²) in [6, 6.07) is 4.69. The molecule has 124 valence electrons. The molecule has 1 unspecified atom stereocenters. The van der Waals surface area contributed by atoms with Crippen molar-refractivity contribution in [3.8, 4) is 22.2 Å². The van der Waals surface area contributed by atoms with Gasteiger partial charge in [0.05, 0.1) is 4.88 Å². The molecule has 24 heavy (non-hydrogen) atoms. The predicted molar refractivity (Wildman–Crippen MR) is 95.0 cm³/mol. The first-order valence-electron chi connectivity index (χ1n) is 8.92. The Morgan fingerprint density at radius 3 is 2.83 bits per heavy atom. The van der Waals surface area contributed by atoms with Crippen LogP contribution < -0.4 is 0 Å². The van der Waals surface area contributed by atoms with E-state index in [1.54, 1.807) is 11.3 Å². The standard InChI is InChI=1S/C18H21N5S/c1-2-13-12-10-14(11-6-3-4-7-11)23-17(15-8-5-9-24-15)21-22-18(23)16(12)20-19-13/h5,8-9,11,14H,2-4,6-7,10H2,1H3,(H,19,20). The van der Waals surface area contributed by atoms with Crippen LogP contribution in [0.2, 0.25) is 0 Å². The molecule has 3 aromatic heterocycles. The second-order valence-electron chi connectivity index (χ2n) is 6.89. The van der Waals surface area contributed by atoms with Gasteiger partial charge in [-0.15, -0.1) is 21.5 Å². The minimum atomic E-state index is 0.463. The van der Waals surface area contributed by atoms with Gasteiger partial charge in [0.2, 0.25) is 0 Å². The van der Waals surface area contributed by atoms with Crippen molar-refractivity contribution in [3.63, 3.8) is 0 Å². The lowest BCUT2D eigenvalue weighted by atomic mass is 9.88. The highest BCUT2D eigenvalue weighted by molar-refractivity contribution is 7.13. The van der Waals surface area contributed by atoms with Gasteiger partial charge in [-0.25, -0.2) is 0 Å². The van der Waals surface area contributed by atoms with Crippen molar-refractivity contribution >= 4 is 11.3 Å². The van der Waals surface area contributed by atoms with Crippen LogP contribution in [-0.4, -0.2) is 25.0 Å². The van der Waals surface area contributed by atoms with Gasteiger partial charge in [-0.05, 0) is 43.0 Å². The van der Waals surface area contributed by atoms with Crippen molar-refractivity contribution in [2.75, 3.05) is 0 Å². The Kier molecular flexibility index (Phi) is 3.33. The summed E-state index contributed by atoms with van der Waals surface area (Å²) in [5.74, 6) is 2.70. The maximum Gasteiger partial charge on any atom is 0.185 e. The largest absolute Gasteiger partial charge is 0.301 e. The van der Waals surface area contributed by atoms with Crippen LogP contribution in [0, 0.1) is 5.92 Å². The molecule has 1 fully saturated rings. The van der Waals surface area contributed by atoms with Crippen LogP contribution >= 0.6 is 11.3 Å². The third-order valence-electron chi connectivity index (χ3n) is 5.64. The van der Waals surface area contributed by atoms with E-state index in [9.17, 15) is 0 Å². The minimum Gasteiger partial charge on any atom is -0.301 e. The lowest BCUT2D eigenvalue weighted by molar-refractivity contribution is 0.330. The van der Waals surface area contributed by atoms with Crippen LogP contribution in [0.25, 0.3) is 22.2 Å². The fourth-order valence-corrected chi connectivity index (χ4v) is 5.16. The van der Waals surface area contributed by atoms with E-state index in [0.29, 0.717) is 6.04 Å². The molecule has 1 N–H and O–H groups in total. The summed E-state index contributed by atoms with van der Waals surface area (Å²) >= 11 is 1.74. The maximum absolute atomic E-state index is 4.58. The molecule has 5 rings (SSSR count). The number of hydrogen-bond donors (Lipinski definition) is 1. The first-order valence-corrected chi connectivity index (χ1v) is 9.80. The van der Waals surface area contributed by atoms with E-state index in [2.05, 4.69) is 49.4 Å². The molecule has 0 amide bonds. The van der Waals surface area contributed by atoms with Gasteiger partial charge >= 0.3 is 0 Å². The second-order valence-corrected chi connectivity index (χ2v) is 7.84. The molecule has 0 spiro atoms. The Morgan fingerprint density at radius 2 is 2.08 bits per heavy atom. The zero-order chi connectivity index (χ0) is 16.1. The fourth-order valence-electron chi connectivity index (χ4n) is 4.46. The first-order chi connectivity index (χ1) is 11.9. The van der Waals surface area contributed by atoms with E-state index >= 15 is 0 Å². The summed E-state index contributed by atoms with van der Waals surface area (Å²) < 4.78 is 2.39. The van der Waals surface area contributed by atoms with Gasteiger partial charge in [0.25, 0.3) is 0 Å². The molecular formula is C18H21N5S.